The Morgan fingerprint density at radius 2 is 2.00 bits per heavy atom. The lowest BCUT2D eigenvalue weighted by Gasteiger charge is -2.10. The summed E-state index contributed by atoms with van der Waals surface area (Å²) in [5.74, 6) is -0.412. The number of halogens is 2. The van der Waals surface area contributed by atoms with Gasteiger partial charge in [0.15, 0.2) is 0 Å². The highest BCUT2D eigenvalue weighted by molar-refractivity contribution is 9.10. The summed E-state index contributed by atoms with van der Waals surface area (Å²) < 4.78 is 40.2. The summed E-state index contributed by atoms with van der Waals surface area (Å²) in [6.45, 7) is 1.63. The first-order valence-corrected chi connectivity index (χ1v) is 7.55. The van der Waals surface area contributed by atoms with E-state index in [1.54, 1.807) is 6.92 Å². The third-order valence-electron chi connectivity index (χ3n) is 2.42. The maximum atomic E-state index is 13.0. The van der Waals surface area contributed by atoms with E-state index in [0.717, 1.165) is 0 Å². The Labute approximate surface area is 118 Å². The number of aryl methyl sites for hydroxylation is 1. The summed E-state index contributed by atoms with van der Waals surface area (Å²) in [5.41, 5.74) is 0.841. The third-order valence-corrected chi connectivity index (χ3v) is 4.19. The van der Waals surface area contributed by atoms with Crippen molar-refractivity contribution in [2.75, 3.05) is 4.72 Å². The van der Waals surface area contributed by atoms with Crippen molar-refractivity contribution in [1.29, 1.82) is 0 Å². The highest BCUT2D eigenvalue weighted by Crippen LogP contribution is 2.21. The van der Waals surface area contributed by atoms with Crippen LogP contribution in [-0.2, 0) is 10.0 Å². The van der Waals surface area contributed by atoms with Crippen LogP contribution in [0.4, 0.5) is 10.1 Å². The van der Waals surface area contributed by atoms with Gasteiger partial charge in [-0.1, -0.05) is 0 Å². The number of pyridine rings is 1. The number of hydrogen-bond donors (Lipinski definition) is 1. The fourth-order valence-corrected chi connectivity index (χ4v) is 3.12. The second-order valence-corrected chi connectivity index (χ2v) is 6.50. The minimum Gasteiger partial charge on any atom is -0.279 e. The SMILES string of the molecule is Cc1cc(F)ccc1NS(=O)(=O)c1cncc(Br)c1. The van der Waals surface area contributed by atoms with Gasteiger partial charge in [-0.2, -0.15) is 0 Å². The molecule has 0 spiro atoms. The summed E-state index contributed by atoms with van der Waals surface area (Å²) in [6, 6.07) is 5.28. The van der Waals surface area contributed by atoms with Crippen LogP contribution in [0.1, 0.15) is 5.56 Å². The molecule has 2 rings (SSSR count). The van der Waals surface area contributed by atoms with Crippen molar-refractivity contribution in [3.8, 4) is 0 Å². The molecule has 7 heteroatoms. The van der Waals surface area contributed by atoms with Crippen molar-refractivity contribution in [1.82, 2.24) is 4.98 Å². The molecule has 1 heterocycles. The average molecular weight is 345 g/mol. The maximum Gasteiger partial charge on any atom is 0.263 e. The normalized spacial score (nSPS) is 11.3. The van der Waals surface area contributed by atoms with Gasteiger partial charge in [0.2, 0.25) is 0 Å². The number of anilines is 1. The van der Waals surface area contributed by atoms with Crippen LogP contribution in [0.5, 0.6) is 0 Å². The van der Waals surface area contributed by atoms with E-state index in [4.69, 9.17) is 0 Å². The summed E-state index contributed by atoms with van der Waals surface area (Å²) in [4.78, 5) is 3.84. The Morgan fingerprint density at radius 3 is 2.63 bits per heavy atom. The van der Waals surface area contributed by atoms with E-state index in [2.05, 4.69) is 25.6 Å². The van der Waals surface area contributed by atoms with Crippen LogP contribution in [0.25, 0.3) is 0 Å². The summed E-state index contributed by atoms with van der Waals surface area (Å²) in [7, 11) is -3.74. The predicted octanol–water partition coefficient (Wildman–Crippen LogP) is 3.09. The molecule has 0 fully saturated rings. The highest BCUT2D eigenvalue weighted by Gasteiger charge is 2.16. The van der Waals surface area contributed by atoms with Gasteiger partial charge in [0, 0.05) is 16.9 Å². The summed E-state index contributed by atoms with van der Waals surface area (Å²) in [6.07, 6.45) is 2.73. The molecule has 0 aliphatic heterocycles. The van der Waals surface area contributed by atoms with E-state index in [9.17, 15) is 12.8 Å². The Morgan fingerprint density at radius 1 is 1.26 bits per heavy atom. The van der Waals surface area contributed by atoms with E-state index in [1.807, 2.05) is 0 Å². The zero-order chi connectivity index (χ0) is 14.0. The van der Waals surface area contributed by atoms with E-state index in [1.165, 1.54) is 36.7 Å². The van der Waals surface area contributed by atoms with E-state index < -0.39 is 15.8 Å². The molecule has 100 valence electrons. The Balaban J connectivity index is 2.36. The molecule has 19 heavy (non-hydrogen) atoms. The van der Waals surface area contributed by atoms with Gasteiger partial charge >= 0.3 is 0 Å². The molecule has 0 unspecified atom stereocenters. The molecule has 0 amide bonds. The van der Waals surface area contributed by atoms with Gasteiger partial charge in [0.25, 0.3) is 10.0 Å². The molecule has 1 aromatic carbocycles. The molecular formula is C12H10BrFN2O2S. The van der Waals surface area contributed by atoms with Gasteiger partial charge in [0.1, 0.15) is 10.7 Å². The van der Waals surface area contributed by atoms with Crippen LogP contribution < -0.4 is 4.72 Å². The molecule has 0 aliphatic carbocycles. The molecule has 0 saturated carbocycles. The summed E-state index contributed by atoms with van der Waals surface area (Å²) >= 11 is 3.16. The van der Waals surface area contributed by atoms with Crippen LogP contribution in [0, 0.1) is 12.7 Å². The van der Waals surface area contributed by atoms with Crippen LogP contribution in [0.3, 0.4) is 0 Å². The van der Waals surface area contributed by atoms with Gasteiger partial charge in [-0.3, -0.25) is 9.71 Å². The molecule has 0 aliphatic rings. The number of nitrogens with zero attached hydrogens (tertiary/aromatic N) is 1. The first-order valence-electron chi connectivity index (χ1n) is 5.28. The maximum absolute atomic E-state index is 13.0. The van der Waals surface area contributed by atoms with Crippen molar-refractivity contribution in [2.24, 2.45) is 0 Å². The third kappa shape index (κ3) is 3.30. The lowest BCUT2D eigenvalue weighted by molar-refractivity contribution is 0.600. The lowest BCUT2D eigenvalue weighted by Crippen LogP contribution is -2.14. The van der Waals surface area contributed by atoms with E-state index >= 15 is 0 Å². The second-order valence-electron chi connectivity index (χ2n) is 3.90. The zero-order valence-corrected chi connectivity index (χ0v) is 12.3. The number of rotatable bonds is 3. The molecule has 2 aromatic rings. The standard InChI is InChI=1S/C12H10BrFN2O2S/c1-8-4-10(14)2-3-12(8)16-19(17,18)11-5-9(13)6-15-7-11/h2-7,16H,1H3. The van der Waals surface area contributed by atoms with Crippen molar-refractivity contribution in [3.63, 3.8) is 0 Å². The van der Waals surface area contributed by atoms with E-state index in [0.29, 0.717) is 15.7 Å². The van der Waals surface area contributed by atoms with Crippen LogP contribution in [0.2, 0.25) is 0 Å². The van der Waals surface area contributed by atoms with Crippen molar-refractivity contribution in [3.05, 3.63) is 52.5 Å². The largest absolute Gasteiger partial charge is 0.279 e. The van der Waals surface area contributed by atoms with Crippen molar-refractivity contribution < 1.29 is 12.8 Å². The number of hydrogen-bond acceptors (Lipinski definition) is 3. The van der Waals surface area contributed by atoms with Gasteiger partial charge in [-0.05, 0) is 52.7 Å². The first-order chi connectivity index (χ1) is 8.88. The quantitative estimate of drug-likeness (QED) is 0.930. The van der Waals surface area contributed by atoms with Gasteiger partial charge in [-0.15, -0.1) is 0 Å². The highest BCUT2D eigenvalue weighted by atomic mass is 79.9. The molecule has 0 radical (unpaired) electrons. The Kier molecular flexibility index (Phi) is 3.86. The first kappa shape index (κ1) is 14.0. The molecule has 0 bridgehead atoms. The molecular weight excluding hydrogens is 335 g/mol. The summed E-state index contributed by atoms with van der Waals surface area (Å²) in [5, 5.41) is 0. The molecule has 1 N–H and O–H groups in total. The fraction of sp³-hybridized carbons (Fsp3) is 0.0833. The van der Waals surface area contributed by atoms with Crippen LogP contribution >= 0.6 is 15.9 Å². The Bertz CT molecular complexity index is 719. The molecule has 4 nitrogen and oxygen atoms in total. The smallest absolute Gasteiger partial charge is 0.263 e. The van der Waals surface area contributed by atoms with Crippen molar-refractivity contribution in [2.45, 2.75) is 11.8 Å². The lowest BCUT2D eigenvalue weighted by atomic mass is 10.2. The minimum atomic E-state index is -3.74. The number of aromatic nitrogens is 1. The topological polar surface area (TPSA) is 59.1 Å². The van der Waals surface area contributed by atoms with Crippen LogP contribution in [0.15, 0.2) is 46.0 Å². The van der Waals surface area contributed by atoms with Gasteiger partial charge in [0.05, 0.1) is 5.69 Å². The van der Waals surface area contributed by atoms with Crippen molar-refractivity contribution >= 4 is 31.6 Å². The predicted molar refractivity (Wildman–Crippen MR) is 73.9 cm³/mol. The van der Waals surface area contributed by atoms with E-state index in [-0.39, 0.29) is 4.90 Å². The Hall–Kier alpha value is -1.47. The van der Waals surface area contributed by atoms with Gasteiger partial charge < -0.3 is 0 Å². The fourth-order valence-electron chi connectivity index (χ4n) is 1.48. The van der Waals surface area contributed by atoms with Gasteiger partial charge in [-0.25, -0.2) is 12.8 Å². The van der Waals surface area contributed by atoms with Crippen LogP contribution in [-0.4, -0.2) is 13.4 Å². The molecule has 0 atom stereocenters. The molecule has 0 saturated heterocycles. The zero-order valence-electron chi connectivity index (χ0n) is 9.89. The minimum absolute atomic E-state index is 0.0330. The average Bonchev–Trinajstić information content (AvgIpc) is 2.33. The second kappa shape index (κ2) is 5.26. The number of benzene rings is 1. The number of sulfonamides is 1. The molecule has 1 aromatic heterocycles. The number of nitrogens with one attached hydrogen (secondary N) is 1. The monoisotopic (exact) mass is 344 g/mol.